The highest BCUT2D eigenvalue weighted by Crippen LogP contribution is 2.44. The standard InChI is InChI=1S/C27H18Cl2FNO6/c1-35-17-6-3-13(4-7-17)23-22(25(33)27(34)31(23)16-5-8-19(30)18(29)12-16)24(32)20-10-14-9-15(28)11-21(36-2)26(14)37-20/h3-12,23,33H,1-2H3. The zero-order chi connectivity index (χ0) is 26.4. The molecule has 0 fully saturated rings. The van der Waals surface area contributed by atoms with Gasteiger partial charge in [0.25, 0.3) is 5.91 Å². The molecule has 2 heterocycles. The maximum absolute atomic E-state index is 13.9. The van der Waals surface area contributed by atoms with Crippen LogP contribution in [0.15, 0.2) is 76.4 Å². The highest BCUT2D eigenvalue weighted by molar-refractivity contribution is 6.32. The van der Waals surface area contributed by atoms with Crippen LogP contribution in [0.5, 0.6) is 11.5 Å². The fraction of sp³-hybridized carbons (Fsp3) is 0.111. The van der Waals surface area contributed by atoms with E-state index in [1.165, 1.54) is 43.4 Å². The van der Waals surface area contributed by atoms with Gasteiger partial charge in [0.2, 0.25) is 5.78 Å². The van der Waals surface area contributed by atoms with Crippen LogP contribution < -0.4 is 14.4 Å². The number of nitrogens with zero attached hydrogens (tertiary/aromatic N) is 1. The molecule has 1 aromatic heterocycles. The molecule has 188 valence electrons. The Balaban J connectivity index is 1.67. The molecule has 7 nitrogen and oxygen atoms in total. The minimum Gasteiger partial charge on any atom is -0.503 e. The minimum absolute atomic E-state index is 0.137. The Hall–Kier alpha value is -4.01. The highest BCUT2D eigenvalue weighted by atomic mass is 35.5. The van der Waals surface area contributed by atoms with E-state index in [0.717, 1.165) is 6.07 Å². The molecule has 1 aliphatic heterocycles. The third kappa shape index (κ3) is 4.18. The van der Waals surface area contributed by atoms with E-state index in [4.69, 9.17) is 37.1 Å². The summed E-state index contributed by atoms with van der Waals surface area (Å²) in [6.45, 7) is 0. The van der Waals surface area contributed by atoms with E-state index >= 15 is 0 Å². The number of rotatable bonds is 6. The fourth-order valence-corrected chi connectivity index (χ4v) is 4.71. The second-order valence-electron chi connectivity index (χ2n) is 8.18. The Morgan fingerprint density at radius 1 is 1.03 bits per heavy atom. The van der Waals surface area contributed by atoms with E-state index in [9.17, 15) is 19.1 Å². The van der Waals surface area contributed by atoms with Gasteiger partial charge in [0.15, 0.2) is 22.9 Å². The number of carbonyl (C=O) groups is 2. The summed E-state index contributed by atoms with van der Waals surface area (Å²) in [7, 11) is 2.94. The van der Waals surface area contributed by atoms with Crippen LogP contribution in [0.2, 0.25) is 10.0 Å². The first-order valence-corrected chi connectivity index (χ1v) is 11.7. The van der Waals surface area contributed by atoms with Crippen molar-refractivity contribution >= 4 is 51.5 Å². The summed E-state index contributed by atoms with van der Waals surface area (Å²) >= 11 is 12.1. The lowest BCUT2D eigenvalue weighted by atomic mass is 9.94. The average molecular weight is 542 g/mol. The van der Waals surface area contributed by atoms with Crippen molar-refractivity contribution < 1.29 is 33.0 Å². The first kappa shape index (κ1) is 24.7. The van der Waals surface area contributed by atoms with E-state index in [-0.39, 0.29) is 27.6 Å². The van der Waals surface area contributed by atoms with E-state index in [2.05, 4.69) is 0 Å². The number of hydrogen-bond acceptors (Lipinski definition) is 6. The Bertz CT molecular complexity index is 1590. The molecule has 1 atom stereocenters. The number of aliphatic hydroxyl groups excluding tert-OH is 1. The van der Waals surface area contributed by atoms with Crippen LogP contribution in [-0.4, -0.2) is 31.0 Å². The second-order valence-corrected chi connectivity index (χ2v) is 9.02. The molecular weight excluding hydrogens is 524 g/mol. The number of ether oxygens (including phenoxy) is 2. The predicted molar refractivity (Wildman–Crippen MR) is 136 cm³/mol. The summed E-state index contributed by atoms with van der Waals surface area (Å²) in [4.78, 5) is 28.3. The molecular formula is C27H18Cl2FNO6. The van der Waals surface area contributed by atoms with Gasteiger partial charge in [-0.05, 0) is 48.0 Å². The molecule has 1 N–H and O–H groups in total. The van der Waals surface area contributed by atoms with E-state index in [1.54, 1.807) is 30.3 Å². The van der Waals surface area contributed by atoms with Crippen LogP contribution in [-0.2, 0) is 4.79 Å². The number of amides is 1. The molecule has 0 aliphatic carbocycles. The highest BCUT2D eigenvalue weighted by Gasteiger charge is 2.45. The summed E-state index contributed by atoms with van der Waals surface area (Å²) in [5, 5.41) is 11.6. The van der Waals surface area contributed by atoms with Gasteiger partial charge in [0.05, 0.1) is 30.9 Å². The van der Waals surface area contributed by atoms with Crippen LogP contribution in [0.25, 0.3) is 11.0 Å². The van der Waals surface area contributed by atoms with Crippen molar-refractivity contribution in [3.05, 3.63) is 99.2 Å². The topological polar surface area (TPSA) is 89.2 Å². The van der Waals surface area contributed by atoms with Crippen molar-refractivity contribution in [2.24, 2.45) is 0 Å². The lowest BCUT2D eigenvalue weighted by Gasteiger charge is -2.27. The van der Waals surface area contributed by atoms with Crippen LogP contribution in [0.1, 0.15) is 22.2 Å². The molecule has 0 saturated carbocycles. The molecule has 1 amide bonds. The first-order chi connectivity index (χ1) is 17.7. The normalized spacial score (nSPS) is 15.5. The Labute approximate surface area is 220 Å². The van der Waals surface area contributed by atoms with E-state index in [0.29, 0.717) is 27.5 Å². The number of aliphatic hydroxyl groups is 1. The summed E-state index contributed by atoms with van der Waals surface area (Å²) in [6, 6.07) is 13.8. The van der Waals surface area contributed by atoms with Gasteiger partial charge >= 0.3 is 0 Å². The third-order valence-corrected chi connectivity index (χ3v) is 6.56. The smallest absolute Gasteiger partial charge is 0.294 e. The largest absolute Gasteiger partial charge is 0.503 e. The van der Waals surface area contributed by atoms with Crippen molar-refractivity contribution in [2.75, 3.05) is 19.1 Å². The molecule has 37 heavy (non-hydrogen) atoms. The van der Waals surface area contributed by atoms with Gasteiger partial charge in [0, 0.05) is 22.2 Å². The Morgan fingerprint density at radius 3 is 2.41 bits per heavy atom. The minimum atomic E-state index is -1.08. The molecule has 1 unspecified atom stereocenters. The number of fused-ring (bicyclic) bond motifs is 1. The van der Waals surface area contributed by atoms with Gasteiger partial charge in [-0.3, -0.25) is 14.5 Å². The average Bonchev–Trinajstić information content (AvgIpc) is 3.43. The van der Waals surface area contributed by atoms with E-state index in [1.807, 2.05) is 0 Å². The van der Waals surface area contributed by atoms with Crippen LogP contribution >= 0.6 is 23.2 Å². The van der Waals surface area contributed by atoms with Crippen molar-refractivity contribution in [1.82, 2.24) is 0 Å². The molecule has 1 aliphatic rings. The number of halogens is 3. The summed E-state index contributed by atoms with van der Waals surface area (Å²) in [5.74, 6) is -2.30. The number of furan rings is 1. The molecule has 4 aromatic rings. The number of hydrogen-bond donors (Lipinski definition) is 1. The molecule has 3 aromatic carbocycles. The Kier molecular flexibility index (Phi) is 6.31. The molecule has 5 rings (SSSR count). The van der Waals surface area contributed by atoms with Gasteiger partial charge in [-0.15, -0.1) is 0 Å². The quantitative estimate of drug-likeness (QED) is 0.274. The van der Waals surface area contributed by atoms with Crippen LogP contribution in [0, 0.1) is 5.82 Å². The third-order valence-electron chi connectivity index (χ3n) is 6.06. The number of benzene rings is 3. The summed E-state index contributed by atoms with van der Waals surface area (Å²) in [5.41, 5.74) is 0.728. The first-order valence-electron chi connectivity index (χ1n) is 10.9. The lowest BCUT2D eigenvalue weighted by molar-refractivity contribution is -0.117. The lowest BCUT2D eigenvalue weighted by Crippen LogP contribution is -2.31. The number of Topliss-reactive ketones (excluding diaryl/α,β-unsaturated/α-hetero) is 1. The number of ketones is 1. The van der Waals surface area contributed by atoms with Crippen molar-refractivity contribution in [2.45, 2.75) is 6.04 Å². The van der Waals surface area contributed by atoms with E-state index < -0.39 is 29.3 Å². The number of methoxy groups -OCH3 is 2. The molecule has 0 spiro atoms. The maximum atomic E-state index is 13.9. The second kappa shape index (κ2) is 9.46. The Morgan fingerprint density at radius 2 is 1.76 bits per heavy atom. The predicted octanol–water partition coefficient (Wildman–Crippen LogP) is 6.68. The van der Waals surface area contributed by atoms with Gasteiger partial charge in [0.1, 0.15) is 11.6 Å². The number of carbonyl (C=O) groups excluding carboxylic acids is 2. The fourth-order valence-electron chi connectivity index (χ4n) is 4.32. The molecule has 0 saturated heterocycles. The van der Waals surface area contributed by atoms with Crippen molar-refractivity contribution in [3.63, 3.8) is 0 Å². The SMILES string of the molecule is COc1ccc(C2C(C(=O)c3cc4cc(Cl)cc(OC)c4o3)=C(O)C(=O)N2c2ccc(F)c(Cl)c2)cc1. The van der Waals surface area contributed by atoms with Crippen molar-refractivity contribution in [1.29, 1.82) is 0 Å². The molecule has 0 radical (unpaired) electrons. The summed E-state index contributed by atoms with van der Waals surface area (Å²) < 4.78 is 30.2. The van der Waals surface area contributed by atoms with Crippen LogP contribution in [0.3, 0.4) is 0 Å². The van der Waals surface area contributed by atoms with Gasteiger partial charge < -0.3 is 19.0 Å². The van der Waals surface area contributed by atoms with Crippen LogP contribution in [0.4, 0.5) is 10.1 Å². The number of anilines is 1. The zero-order valence-corrected chi connectivity index (χ0v) is 20.9. The monoisotopic (exact) mass is 541 g/mol. The van der Waals surface area contributed by atoms with Gasteiger partial charge in [-0.2, -0.15) is 0 Å². The van der Waals surface area contributed by atoms with Crippen molar-refractivity contribution in [3.8, 4) is 11.5 Å². The molecule has 10 heteroatoms. The van der Waals surface area contributed by atoms with Gasteiger partial charge in [-0.25, -0.2) is 4.39 Å². The van der Waals surface area contributed by atoms with Gasteiger partial charge in [-0.1, -0.05) is 35.3 Å². The summed E-state index contributed by atoms with van der Waals surface area (Å²) in [6.07, 6.45) is 0. The maximum Gasteiger partial charge on any atom is 0.294 e. The zero-order valence-electron chi connectivity index (χ0n) is 19.4. The molecule has 0 bridgehead atoms.